The summed E-state index contributed by atoms with van der Waals surface area (Å²) >= 11 is 0. The number of hydrogen-bond donors (Lipinski definition) is 5. The molecule has 0 bridgehead atoms. The molecule has 2 aromatic rings. The Hall–Kier alpha value is -2.99. The lowest BCUT2D eigenvalue weighted by atomic mass is 9.94. The Bertz CT molecular complexity index is 810. The Morgan fingerprint density at radius 2 is 1.96 bits per heavy atom. The van der Waals surface area contributed by atoms with Gasteiger partial charge in [-0.2, -0.15) is 0 Å². The predicted octanol–water partition coefficient (Wildman–Crippen LogP) is 2.88. The average Bonchev–Trinajstić information content (AvgIpc) is 2.65. The molecule has 2 rings (SSSR count). The van der Waals surface area contributed by atoms with E-state index in [2.05, 4.69) is 17.2 Å². The lowest BCUT2D eigenvalue weighted by Crippen LogP contribution is -2.17. The zero-order valence-electron chi connectivity index (χ0n) is 15.4. The van der Waals surface area contributed by atoms with E-state index in [1.54, 1.807) is 13.3 Å². The standard InChI is InChI=1S/C20H28N6/c1-3-9-26-20-15(5-4-6-18(20)23)13-7-8-17(22)16(10-13)19(24)14(11-21)12-25-2/h4-8,10-12,19,26H,3,9,21-24H2,1-2H3. The van der Waals surface area contributed by atoms with Crippen molar-refractivity contribution in [3.63, 3.8) is 0 Å². The van der Waals surface area contributed by atoms with Crippen LogP contribution in [0.2, 0.25) is 0 Å². The quantitative estimate of drug-likeness (QED) is 0.386. The summed E-state index contributed by atoms with van der Waals surface area (Å²) in [6, 6.07) is 11.2. The van der Waals surface area contributed by atoms with E-state index in [1.807, 2.05) is 36.4 Å². The van der Waals surface area contributed by atoms with Crippen molar-refractivity contribution in [2.75, 3.05) is 30.4 Å². The van der Waals surface area contributed by atoms with Crippen molar-refractivity contribution in [2.45, 2.75) is 19.4 Å². The second-order valence-corrected chi connectivity index (χ2v) is 6.07. The molecule has 1 unspecified atom stereocenters. The Morgan fingerprint density at radius 1 is 1.19 bits per heavy atom. The van der Waals surface area contributed by atoms with Crippen LogP contribution in [0.15, 0.2) is 53.2 Å². The van der Waals surface area contributed by atoms with Crippen LogP contribution >= 0.6 is 0 Å². The molecule has 26 heavy (non-hydrogen) atoms. The fourth-order valence-electron chi connectivity index (χ4n) is 2.83. The summed E-state index contributed by atoms with van der Waals surface area (Å²) in [5.74, 6) is 0. The van der Waals surface area contributed by atoms with Crippen LogP contribution in [0.1, 0.15) is 24.9 Å². The van der Waals surface area contributed by atoms with E-state index in [0.29, 0.717) is 16.9 Å². The summed E-state index contributed by atoms with van der Waals surface area (Å²) < 4.78 is 0. The van der Waals surface area contributed by atoms with Crippen molar-refractivity contribution in [1.82, 2.24) is 0 Å². The monoisotopic (exact) mass is 352 g/mol. The predicted molar refractivity (Wildman–Crippen MR) is 113 cm³/mol. The molecular formula is C20H28N6. The van der Waals surface area contributed by atoms with Crippen LogP contribution in [0.4, 0.5) is 17.1 Å². The molecule has 0 saturated heterocycles. The van der Waals surface area contributed by atoms with Gasteiger partial charge in [0, 0.05) is 42.8 Å². The highest BCUT2D eigenvalue weighted by Gasteiger charge is 2.16. The van der Waals surface area contributed by atoms with Gasteiger partial charge in [-0.25, -0.2) is 0 Å². The van der Waals surface area contributed by atoms with Gasteiger partial charge in [0.15, 0.2) is 0 Å². The van der Waals surface area contributed by atoms with E-state index in [1.165, 1.54) is 6.20 Å². The van der Waals surface area contributed by atoms with Gasteiger partial charge in [0.2, 0.25) is 0 Å². The summed E-state index contributed by atoms with van der Waals surface area (Å²) in [7, 11) is 1.68. The summed E-state index contributed by atoms with van der Waals surface area (Å²) in [6.45, 7) is 2.96. The first kappa shape index (κ1) is 19.3. The average molecular weight is 352 g/mol. The fraction of sp³-hybridized carbons (Fsp3) is 0.250. The first-order valence-corrected chi connectivity index (χ1v) is 8.65. The van der Waals surface area contributed by atoms with Gasteiger partial charge in [-0.3, -0.25) is 4.99 Å². The lowest BCUT2D eigenvalue weighted by Gasteiger charge is -2.19. The fourth-order valence-corrected chi connectivity index (χ4v) is 2.83. The van der Waals surface area contributed by atoms with Gasteiger partial charge in [0.05, 0.1) is 17.4 Å². The molecule has 0 aromatic heterocycles. The van der Waals surface area contributed by atoms with Crippen LogP contribution in [0.25, 0.3) is 11.1 Å². The summed E-state index contributed by atoms with van der Waals surface area (Å²) in [5.41, 5.74) is 30.1. The van der Waals surface area contributed by atoms with E-state index >= 15 is 0 Å². The molecule has 0 aliphatic rings. The smallest absolute Gasteiger partial charge is 0.0653 e. The van der Waals surface area contributed by atoms with Crippen LogP contribution < -0.4 is 28.3 Å². The molecule has 0 heterocycles. The minimum Gasteiger partial charge on any atom is -0.404 e. The molecule has 2 aromatic carbocycles. The van der Waals surface area contributed by atoms with Gasteiger partial charge < -0.3 is 28.3 Å². The summed E-state index contributed by atoms with van der Waals surface area (Å²) in [5, 5.41) is 3.41. The number of aliphatic imine (C=N–C) groups is 1. The maximum Gasteiger partial charge on any atom is 0.0653 e. The zero-order chi connectivity index (χ0) is 19.1. The molecule has 6 heteroatoms. The van der Waals surface area contributed by atoms with E-state index in [0.717, 1.165) is 35.3 Å². The Kier molecular flexibility index (Phi) is 6.63. The van der Waals surface area contributed by atoms with Gasteiger partial charge in [-0.15, -0.1) is 0 Å². The van der Waals surface area contributed by atoms with Crippen LogP contribution in [-0.2, 0) is 0 Å². The van der Waals surface area contributed by atoms with Gasteiger partial charge >= 0.3 is 0 Å². The first-order chi connectivity index (χ1) is 12.5. The third-order valence-corrected chi connectivity index (χ3v) is 4.21. The van der Waals surface area contributed by atoms with E-state index in [4.69, 9.17) is 22.9 Å². The highest BCUT2D eigenvalue weighted by atomic mass is 14.9. The van der Waals surface area contributed by atoms with Crippen molar-refractivity contribution in [3.05, 3.63) is 53.7 Å². The summed E-state index contributed by atoms with van der Waals surface area (Å²) in [6.07, 6.45) is 4.11. The third kappa shape index (κ3) is 4.15. The minimum absolute atomic E-state index is 0.461. The van der Waals surface area contributed by atoms with Crippen molar-refractivity contribution in [1.29, 1.82) is 0 Å². The number of nitrogens with one attached hydrogen (secondary N) is 1. The van der Waals surface area contributed by atoms with Crippen LogP contribution in [-0.4, -0.2) is 19.8 Å². The Balaban J connectivity index is 2.52. The van der Waals surface area contributed by atoms with Gasteiger partial charge in [0.25, 0.3) is 0 Å². The molecule has 138 valence electrons. The van der Waals surface area contributed by atoms with Crippen molar-refractivity contribution in [2.24, 2.45) is 16.5 Å². The number of para-hydroxylation sites is 1. The van der Waals surface area contributed by atoms with Crippen LogP contribution in [0.5, 0.6) is 0 Å². The molecule has 6 nitrogen and oxygen atoms in total. The number of rotatable bonds is 7. The van der Waals surface area contributed by atoms with E-state index in [9.17, 15) is 0 Å². The number of nitrogen functional groups attached to an aromatic ring is 2. The molecule has 9 N–H and O–H groups in total. The van der Waals surface area contributed by atoms with Crippen molar-refractivity contribution < 1.29 is 0 Å². The largest absolute Gasteiger partial charge is 0.404 e. The van der Waals surface area contributed by atoms with Crippen LogP contribution in [0, 0.1) is 0 Å². The highest BCUT2D eigenvalue weighted by Crippen LogP contribution is 2.35. The molecule has 0 amide bonds. The van der Waals surface area contributed by atoms with Gasteiger partial charge in [0.1, 0.15) is 0 Å². The molecule has 0 radical (unpaired) electrons. The minimum atomic E-state index is -0.461. The second-order valence-electron chi connectivity index (χ2n) is 6.07. The normalized spacial score (nSPS) is 13.1. The Morgan fingerprint density at radius 3 is 2.62 bits per heavy atom. The lowest BCUT2D eigenvalue weighted by molar-refractivity contribution is 0.885. The molecule has 0 spiro atoms. The number of nitrogens with zero attached hydrogens (tertiary/aromatic N) is 1. The number of benzene rings is 2. The topological polar surface area (TPSA) is 128 Å². The molecular weight excluding hydrogens is 324 g/mol. The van der Waals surface area contributed by atoms with E-state index < -0.39 is 6.04 Å². The molecule has 0 aliphatic carbocycles. The molecule has 0 fully saturated rings. The highest BCUT2D eigenvalue weighted by molar-refractivity contribution is 5.87. The number of anilines is 3. The third-order valence-electron chi connectivity index (χ3n) is 4.21. The first-order valence-electron chi connectivity index (χ1n) is 8.65. The van der Waals surface area contributed by atoms with Crippen molar-refractivity contribution in [3.8, 4) is 11.1 Å². The number of hydrogen-bond acceptors (Lipinski definition) is 6. The van der Waals surface area contributed by atoms with Gasteiger partial charge in [-0.1, -0.05) is 25.1 Å². The van der Waals surface area contributed by atoms with Gasteiger partial charge in [-0.05, 0) is 35.7 Å². The second kappa shape index (κ2) is 8.92. The maximum absolute atomic E-state index is 6.37. The Labute approximate surface area is 155 Å². The molecule has 1 atom stereocenters. The molecule has 0 saturated carbocycles. The number of nitrogens with two attached hydrogens (primary N) is 4. The maximum atomic E-state index is 6.37. The molecule has 0 aliphatic heterocycles. The zero-order valence-corrected chi connectivity index (χ0v) is 15.4. The summed E-state index contributed by atoms with van der Waals surface area (Å²) in [4.78, 5) is 4.00. The van der Waals surface area contributed by atoms with E-state index in [-0.39, 0.29) is 0 Å². The SMILES string of the molecule is CCCNc1c(N)cccc1-c1ccc(N)c(C(N)C(C=NC)=CN)c1. The van der Waals surface area contributed by atoms with Crippen molar-refractivity contribution >= 4 is 23.3 Å². The van der Waals surface area contributed by atoms with Crippen LogP contribution in [0.3, 0.4) is 0 Å².